The van der Waals surface area contributed by atoms with Crippen LogP contribution in [0.2, 0.25) is 0 Å². The van der Waals surface area contributed by atoms with E-state index in [0.29, 0.717) is 44.3 Å². The van der Waals surface area contributed by atoms with E-state index in [1.165, 1.54) is 34.1 Å². The molecule has 0 radical (unpaired) electrons. The highest BCUT2D eigenvalue weighted by Crippen LogP contribution is 2.32. The SMILES string of the molecule is CCOC(=O)C1=C(C)N=c2s/c(=C\c3ccc(N(CC)CC)cc3OCC(=O)Nc3cccc([N+](=O)[O-])c3)c(=O)n2[C@H]1c1ccc(OCC)cc1. The van der Waals surface area contributed by atoms with Gasteiger partial charge in [0.1, 0.15) is 11.5 Å². The van der Waals surface area contributed by atoms with Crippen LogP contribution >= 0.6 is 11.3 Å². The number of carbonyl (C=O) groups is 2. The molecule has 14 heteroatoms. The maximum Gasteiger partial charge on any atom is 0.338 e. The summed E-state index contributed by atoms with van der Waals surface area (Å²) in [6.07, 6.45) is 1.68. The molecule has 3 aromatic carbocycles. The molecule has 4 aromatic rings. The molecule has 1 amide bonds. The molecule has 1 atom stereocenters. The average molecular weight is 714 g/mol. The highest BCUT2D eigenvalue weighted by atomic mass is 32.1. The number of allylic oxidation sites excluding steroid dienone is 1. The fourth-order valence-corrected chi connectivity index (χ4v) is 6.79. The quantitative estimate of drug-likeness (QED) is 0.108. The maximum atomic E-state index is 14.2. The van der Waals surface area contributed by atoms with Crippen molar-refractivity contribution in [2.24, 2.45) is 4.99 Å². The number of nitrogens with zero attached hydrogens (tertiary/aromatic N) is 4. The Bertz CT molecular complexity index is 2150. The molecule has 13 nitrogen and oxygen atoms in total. The van der Waals surface area contributed by atoms with Gasteiger partial charge in [-0.1, -0.05) is 29.5 Å². The Kier molecular flexibility index (Phi) is 11.7. The van der Waals surface area contributed by atoms with Gasteiger partial charge in [-0.2, -0.15) is 0 Å². The van der Waals surface area contributed by atoms with Crippen molar-refractivity contribution in [3.63, 3.8) is 0 Å². The van der Waals surface area contributed by atoms with Gasteiger partial charge in [0.15, 0.2) is 11.4 Å². The minimum Gasteiger partial charge on any atom is -0.494 e. The number of anilines is 2. The van der Waals surface area contributed by atoms with Crippen LogP contribution in [0.1, 0.15) is 51.8 Å². The van der Waals surface area contributed by atoms with Gasteiger partial charge < -0.3 is 24.4 Å². The van der Waals surface area contributed by atoms with Crippen LogP contribution in [0.3, 0.4) is 0 Å². The summed E-state index contributed by atoms with van der Waals surface area (Å²) in [6, 6.07) is 17.6. The van der Waals surface area contributed by atoms with Crippen molar-refractivity contribution in [1.82, 2.24) is 4.57 Å². The first-order chi connectivity index (χ1) is 24.6. The Labute approximate surface area is 298 Å². The lowest BCUT2D eigenvalue weighted by Gasteiger charge is -2.24. The van der Waals surface area contributed by atoms with Gasteiger partial charge in [-0.3, -0.25) is 24.3 Å². The highest BCUT2D eigenvalue weighted by Gasteiger charge is 2.33. The predicted octanol–water partition coefficient (Wildman–Crippen LogP) is 4.97. The number of fused-ring (bicyclic) bond motifs is 1. The number of ether oxygens (including phenoxy) is 3. The van der Waals surface area contributed by atoms with Gasteiger partial charge in [0.25, 0.3) is 17.2 Å². The van der Waals surface area contributed by atoms with Gasteiger partial charge in [0.05, 0.1) is 40.0 Å². The number of benzene rings is 3. The number of esters is 1. The van der Waals surface area contributed by atoms with Crippen LogP contribution in [0, 0.1) is 10.1 Å². The molecule has 0 spiro atoms. The summed E-state index contributed by atoms with van der Waals surface area (Å²) in [5.74, 6) is -0.0678. The molecule has 0 unspecified atom stereocenters. The first kappa shape index (κ1) is 36.5. The van der Waals surface area contributed by atoms with E-state index in [-0.39, 0.29) is 29.1 Å². The number of hydrogen-bond donors (Lipinski definition) is 1. The number of nitro groups is 1. The lowest BCUT2D eigenvalue weighted by molar-refractivity contribution is -0.384. The Balaban J connectivity index is 1.56. The molecular formula is C37H39N5O8S. The Morgan fingerprint density at radius 1 is 1.02 bits per heavy atom. The smallest absolute Gasteiger partial charge is 0.338 e. The summed E-state index contributed by atoms with van der Waals surface area (Å²) in [4.78, 5) is 58.3. The number of nitrogens with one attached hydrogen (secondary N) is 1. The molecule has 1 N–H and O–H groups in total. The molecule has 0 bridgehead atoms. The fraction of sp³-hybridized carbons (Fsp3) is 0.297. The highest BCUT2D eigenvalue weighted by molar-refractivity contribution is 7.07. The lowest BCUT2D eigenvalue weighted by atomic mass is 9.96. The number of hydrogen-bond acceptors (Lipinski definition) is 11. The fourth-order valence-electron chi connectivity index (χ4n) is 5.75. The summed E-state index contributed by atoms with van der Waals surface area (Å²) >= 11 is 1.17. The van der Waals surface area contributed by atoms with Crippen LogP contribution in [-0.2, 0) is 14.3 Å². The van der Waals surface area contributed by atoms with Gasteiger partial charge in [-0.25, -0.2) is 9.79 Å². The molecule has 1 aliphatic rings. The van der Waals surface area contributed by atoms with Crippen LogP contribution in [0.5, 0.6) is 11.5 Å². The maximum absolute atomic E-state index is 14.2. The lowest BCUT2D eigenvalue weighted by Crippen LogP contribution is -2.39. The number of carbonyl (C=O) groups excluding carboxylic acids is 2. The number of non-ortho nitro benzene ring substituents is 1. The van der Waals surface area contributed by atoms with Gasteiger partial charge in [0.2, 0.25) is 0 Å². The van der Waals surface area contributed by atoms with E-state index in [0.717, 1.165) is 18.8 Å². The van der Waals surface area contributed by atoms with E-state index in [1.807, 2.05) is 51.1 Å². The van der Waals surface area contributed by atoms with E-state index < -0.39 is 29.4 Å². The molecule has 0 saturated heterocycles. The van der Waals surface area contributed by atoms with E-state index in [4.69, 9.17) is 14.2 Å². The summed E-state index contributed by atoms with van der Waals surface area (Å²) in [7, 11) is 0. The minimum atomic E-state index is -0.795. The minimum absolute atomic E-state index is 0.154. The van der Waals surface area contributed by atoms with Crippen molar-refractivity contribution in [1.29, 1.82) is 0 Å². The second-order valence-electron chi connectivity index (χ2n) is 11.3. The number of nitro benzene ring substituents is 1. The number of amides is 1. The Morgan fingerprint density at radius 3 is 2.43 bits per heavy atom. The van der Waals surface area contributed by atoms with Crippen LogP contribution < -0.4 is 34.6 Å². The van der Waals surface area contributed by atoms with Crippen LogP contribution in [0.25, 0.3) is 6.08 Å². The van der Waals surface area contributed by atoms with E-state index in [2.05, 4.69) is 15.2 Å². The zero-order chi connectivity index (χ0) is 36.7. The zero-order valence-corrected chi connectivity index (χ0v) is 29.8. The topological polar surface area (TPSA) is 155 Å². The van der Waals surface area contributed by atoms with E-state index in [9.17, 15) is 24.5 Å². The summed E-state index contributed by atoms with van der Waals surface area (Å²) < 4.78 is 18.9. The molecule has 51 heavy (non-hydrogen) atoms. The van der Waals surface area contributed by atoms with Crippen molar-refractivity contribution in [2.45, 2.75) is 40.7 Å². The van der Waals surface area contributed by atoms with Crippen LogP contribution in [0.4, 0.5) is 17.1 Å². The molecule has 1 aromatic heterocycles. The molecule has 0 saturated carbocycles. The first-order valence-corrected chi connectivity index (χ1v) is 17.4. The Hall–Kier alpha value is -5.76. The predicted molar refractivity (Wildman–Crippen MR) is 195 cm³/mol. The average Bonchev–Trinajstić information content (AvgIpc) is 3.42. The number of rotatable bonds is 14. The molecule has 5 rings (SSSR count). The zero-order valence-electron chi connectivity index (χ0n) is 29.0. The van der Waals surface area contributed by atoms with E-state index >= 15 is 0 Å². The number of aromatic nitrogens is 1. The summed E-state index contributed by atoms with van der Waals surface area (Å²) in [5.41, 5.74) is 2.54. The van der Waals surface area contributed by atoms with Crippen molar-refractivity contribution in [3.8, 4) is 11.5 Å². The van der Waals surface area contributed by atoms with Crippen molar-refractivity contribution >= 4 is 46.4 Å². The van der Waals surface area contributed by atoms with Crippen LogP contribution in [0.15, 0.2) is 87.8 Å². The third-order valence-electron chi connectivity index (χ3n) is 8.14. The van der Waals surface area contributed by atoms with Gasteiger partial charge in [0, 0.05) is 48.2 Å². The van der Waals surface area contributed by atoms with Crippen molar-refractivity contribution < 1.29 is 28.7 Å². The third-order valence-corrected chi connectivity index (χ3v) is 9.12. The molecule has 266 valence electrons. The van der Waals surface area contributed by atoms with Gasteiger partial charge in [-0.05, 0) is 76.6 Å². The molecule has 1 aliphatic heterocycles. The second-order valence-corrected chi connectivity index (χ2v) is 12.4. The normalized spacial score (nSPS) is 14.0. The van der Waals surface area contributed by atoms with Gasteiger partial charge >= 0.3 is 5.97 Å². The van der Waals surface area contributed by atoms with Crippen molar-refractivity contribution in [3.05, 3.63) is 119 Å². The molecule has 0 aliphatic carbocycles. The molecule has 2 heterocycles. The van der Waals surface area contributed by atoms with Crippen LogP contribution in [-0.4, -0.2) is 54.3 Å². The summed E-state index contributed by atoms with van der Waals surface area (Å²) in [6.45, 7) is 11.1. The first-order valence-electron chi connectivity index (χ1n) is 16.6. The van der Waals surface area contributed by atoms with E-state index in [1.54, 1.807) is 38.1 Å². The molecular weight excluding hydrogens is 675 g/mol. The monoisotopic (exact) mass is 713 g/mol. The third kappa shape index (κ3) is 8.18. The summed E-state index contributed by atoms with van der Waals surface area (Å²) in [5, 5.41) is 13.8. The number of thiazole rings is 1. The molecule has 0 fully saturated rings. The standard InChI is InChI=1S/C37H39N5O8S/c1-6-40(7-2)27-16-13-25(30(21-27)50-22-32(43)39-26-11-10-12-28(20-26)42(46)47)19-31-35(44)41-34(24-14-17-29(18-15-24)48-8-3)33(36(45)49-9-4)23(5)38-37(41)51-31/h10-21,34H,6-9,22H2,1-5H3,(H,39,43)/b31-19-/t34-/m0/s1. The Morgan fingerprint density at radius 2 is 1.76 bits per heavy atom. The van der Waals surface area contributed by atoms with Crippen molar-refractivity contribution in [2.75, 3.05) is 43.1 Å². The van der Waals surface area contributed by atoms with Gasteiger partial charge in [-0.15, -0.1) is 0 Å². The second kappa shape index (κ2) is 16.3. The largest absolute Gasteiger partial charge is 0.494 e.